The molecule has 104 valence electrons. The summed E-state index contributed by atoms with van der Waals surface area (Å²) in [5.74, 6) is -0.0937. The SMILES string of the molecule is CC(N)CCC(=O)Nc1ccc(OCC(N)=O)cc1. The molecule has 0 aliphatic heterocycles. The summed E-state index contributed by atoms with van der Waals surface area (Å²) in [6.45, 7) is 1.69. The highest BCUT2D eigenvalue weighted by molar-refractivity contribution is 5.90. The van der Waals surface area contributed by atoms with Gasteiger partial charge in [-0.1, -0.05) is 0 Å². The quantitative estimate of drug-likeness (QED) is 0.671. The Hall–Kier alpha value is -2.08. The Kier molecular flexibility index (Phi) is 5.81. The average Bonchev–Trinajstić information content (AvgIpc) is 2.35. The molecule has 1 atom stereocenters. The monoisotopic (exact) mass is 265 g/mol. The zero-order valence-corrected chi connectivity index (χ0v) is 10.9. The van der Waals surface area contributed by atoms with Crippen LogP contribution >= 0.6 is 0 Å². The molecule has 0 saturated heterocycles. The third-order valence-corrected chi connectivity index (χ3v) is 2.35. The van der Waals surface area contributed by atoms with Gasteiger partial charge in [-0.05, 0) is 37.6 Å². The van der Waals surface area contributed by atoms with Crippen LogP contribution in [0.15, 0.2) is 24.3 Å². The molecule has 0 fully saturated rings. The van der Waals surface area contributed by atoms with E-state index in [2.05, 4.69) is 5.32 Å². The first-order valence-electron chi connectivity index (χ1n) is 6.04. The summed E-state index contributed by atoms with van der Waals surface area (Å²) in [5, 5.41) is 2.75. The van der Waals surface area contributed by atoms with E-state index >= 15 is 0 Å². The van der Waals surface area contributed by atoms with Crippen molar-refractivity contribution in [3.05, 3.63) is 24.3 Å². The minimum atomic E-state index is -0.534. The van der Waals surface area contributed by atoms with Gasteiger partial charge in [-0.15, -0.1) is 0 Å². The fourth-order valence-electron chi connectivity index (χ4n) is 1.37. The molecule has 5 N–H and O–H groups in total. The van der Waals surface area contributed by atoms with Gasteiger partial charge in [-0.2, -0.15) is 0 Å². The van der Waals surface area contributed by atoms with Crippen molar-refractivity contribution in [3.63, 3.8) is 0 Å². The number of benzene rings is 1. The van der Waals surface area contributed by atoms with Gasteiger partial charge >= 0.3 is 0 Å². The first-order chi connectivity index (χ1) is 8.97. The lowest BCUT2D eigenvalue weighted by molar-refractivity contribution is -0.120. The van der Waals surface area contributed by atoms with Gasteiger partial charge in [0.2, 0.25) is 5.91 Å². The molecular weight excluding hydrogens is 246 g/mol. The van der Waals surface area contributed by atoms with E-state index in [0.29, 0.717) is 24.3 Å². The van der Waals surface area contributed by atoms with Gasteiger partial charge in [-0.3, -0.25) is 9.59 Å². The molecule has 6 heteroatoms. The van der Waals surface area contributed by atoms with Crippen LogP contribution < -0.4 is 21.5 Å². The first-order valence-corrected chi connectivity index (χ1v) is 6.04. The average molecular weight is 265 g/mol. The number of primary amides is 1. The number of nitrogens with one attached hydrogen (secondary N) is 1. The van der Waals surface area contributed by atoms with Gasteiger partial charge in [0.15, 0.2) is 6.61 Å². The van der Waals surface area contributed by atoms with Crippen LogP contribution in [0.2, 0.25) is 0 Å². The van der Waals surface area contributed by atoms with Crippen molar-refractivity contribution in [2.75, 3.05) is 11.9 Å². The lowest BCUT2D eigenvalue weighted by Gasteiger charge is -2.08. The molecule has 1 unspecified atom stereocenters. The molecule has 0 aliphatic rings. The van der Waals surface area contributed by atoms with Crippen LogP contribution in [-0.4, -0.2) is 24.5 Å². The van der Waals surface area contributed by atoms with E-state index in [0.717, 1.165) is 0 Å². The molecule has 0 heterocycles. The summed E-state index contributed by atoms with van der Waals surface area (Å²) >= 11 is 0. The van der Waals surface area contributed by atoms with Gasteiger partial charge < -0.3 is 21.5 Å². The number of ether oxygens (including phenoxy) is 1. The topological polar surface area (TPSA) is 107 Å². The molecule has 19 heavy (non-hydrogen) atoms. The van der Waals surface area contributed by atoms with Crippen molar-refractivity contribution in [2.24, 2.45) is 11.5 Å². The number of carbonyl (C=O) groups is 2. The summed E-state index contributed by atoms with van der Waals surface area (Å²) in [6, 6.07) is 6.71. The number of nitrogens with two attached hydrogens (primary N) is 2. The van der Waals surface area contributed by atoms with Crippen LogP contribution in [-0.2, 0) is 9.59 Å². The number of rotatable bonds is 7. The maximum Gasteiger partial charge on any atom is 0.255 e. The van der Waals surface area contributed by atoms with Crippen LogP contribution in [0.5, 0.6) is 5.75 Å². The number of hydrogen-bond donors (Lipinski definition) is 3. The summed E-state index contributed by atoms with van der Waals surface area (Å²) in [7, 11) is 0. The molecule has 2 amide bonds. The van der Waals surface area contributed by atoms with Crippen LogP contribution in [0.25, 0.3) is 0 Å². The minimum absolute atomic E-state index is 0.00956. The van der Waals surface area contributed by atoms with E-state index in [-0.39, 0.29) is 18.6 Å². The predicted molar refractivity (Wildman–Crippen MR) is 72.6 cm³/mol. The van der Waals surface area contributed by atoms with Crippen molar-refractivity contribution in [1.29, 1.82) is 0 Å². The molecule has 1 aromatic rings. The third kappa shape index (κ3) is 6.42. The van der Waals surface area contributed by atoms with Gasteiger partial charge in [0.1, 0.15) is 5.75 Å². The highest BCUT2D eigenvalue weighted by Crippen LogP contribution is 2.15. The van der Waals surface area contributed by atoms with E-state index in [4.69, 9.17) is 16.2 Å². The summed E-state index contributed by atoms with van der Waals surface area (Å²) < 4.78 is 5.10. The maximum absolute atomic E-state index is 11.6. The highest BCUT2D eigenvalue weighted by Gasteiger charge is 2.04. The van der Waals surface area contributed by atoms with Crippen LogP contribution in [0, 0.1) is 0 Å². The second kappa shape index (κ2) is 7.38. The van der Waals surface area contributed by atoms with Gasteiger partial charge in [-0.25, -0.2) is 0 Å². The summed E-state index contributed by atoms with van der Waals surface area (Å²) in [6.07, 6.45) is 1.03. The molecule has 0 bridgehead atoms. The zero-order valence-electron chi connectivity index (χ0n) is 10.9. The van der Waals surface area contributed by atoms with Crippen LogP contribution in [0.3, 0.4) is 0 Å². The van der Waals surface area contributed by atoms with E-state index < -0.39 is 5.91 Å². The Labute approximate surface area is 112 Å². The molecule has 0 aromatic heterocycles. The molecule has 1 aromatic carbocycles. The lowest BCUT2D eigenvalue weighted by atomic mass is 10.2. The molecule has 0 saturated carbocycles. The van der Waals surface area contributed by atoms with E-state index in [9.17, 15) is 9.59 Å². The molecule has 6 nitrogen and oxygen atoms in total. The van der Waals surface area contributed by atoms with Crippen molar-refractivity contribution in [3.8, 4) is 5.75 Å². The maximum atomic E-state index is 11.6. The zero-order chi connectivity index (χ0) is 14.3. The first kappa shape index (κ1) is 15.0. The summed E-state index contributed by atoms with van der Waals surface area (Å²) in [5.41, 5.74) is 11.2. The van der Waals surface area contributed by atoms with Gasteiger partial charge in [0.05, 0.1) is 0 Å². The van der Waals surface area contributed by atoms with Crippen molar-refractivity contribution < 1.29 is 14.3 Å². The Morgan fingerprint density at radius 3 is 2.47 bits per heavy atom. The Morgan fingerprint density at radius 1 is 1.32 bits per heavy atom. The Balaban J connectivity index is 2.43. The standard InChI is InChI=1S/C13H19N3O3/c1-9(14)2-7-13(18)16-10-3-5-11(6-4-10)19-8-12(15)17/h3-6,9H,2,7-8,14H2,1H3,(H2,15,17)(H,16,18). The Bertz CT molecular complexity index is 429. The second-order valence-electron chi connectivity index (χ2n) is 4.34. The number of carbonyl (C=O) groups excluding carboxylic acids is 2. The smallest absolute Gasteiger partial charge is 0.255 e. The fraction of sp³-hybridized carbons (Fsp3) is 0.385. The predicted octanol–water partition coefficient (Wildman–Crippen LogP) is 0.617. The lowest BCUT2D eigenvalue weighted by Crippen LogP contribution is -2.20. The van der Waals surface area contributed by atoms with Gasteiger partial charge in [0, 0.05) is 18.2 Å². The number of hydrogen-bond acceptors (Lipinski definition) is 4. The van der Waals surface area contributed by atoms with Gasteiger partial charge in [0.25, 0.3) is 5.91 Å². The fourth-order valence-corrected chi connectivity index (χ4v) is 1.37. The molecule has 1 rings (SSSR count). The highest BCUT2D eigenvalue weighted by atomic mass is 16.5. The molecule has 0 radical (unpaired) electrons. The van der Waals surface area contributed by atoms with Crippen LogP contribution in [0.4, 0.5) is 5.69 Å². The van der Waals surface area contributed by atoms with E-state index in [1.54, 1.807) is 24.3 Å². The van der Waals surface area contributed by atoms with E-state index in [1.807, 2.05) is 6.92 Å². The number of anilines is 1. The molecule has 0 aliphatic carbocycles. The third-order valence-electron chi connectivity index (χ3n) is 2.35. The second-order valence-corrected chi connectivity index (χ2v) is 4.34. The van der Waals surface area contributed by atoms with Crippen molar-refractivity contribution in [2.45, 2.75) is 25.8 Å². The van der Waals surface area contributed by atoms with Crippen molar-refractivity contribution >= 4 is 17.5 Å². The molecule has 0 spiro atoms. The molecular formula is C13H19N3O3. The van der Waals surface area contributed by atoms with E-state index in [1.165, 1.54) is 0 Å². The largest absolute Gasteiger partial charge is 0.484 e. The summed E-state index contributed by atoms with van der Waals surface area (Å²) in [4.78, 5) is 22.1. The Morgan fingerprint density at radius 2 is 1.95 bits per heavy atom. The van der Waals surface area contributed by atoms with Crippen molar-refractivity contribution in [1.82, 2.24) is 0 Å². The number of amides is 2. The minimum Gasteiger partial charge on any atom is -0.484 e. The van der Waals surface area contributed by atoms with Crippen LogP contribution in [0.1, 0.15) is 19.8 Å². The normalized spacial score (nSPS) is 11.7.